The molecule has 1 aromatic carbocycles. The van der Waals surface area contributed by atoms with Crippen molar-refractivity contribution in [2.45, 2.75) is 69.6 Å². The predicted octanol–water partition coefficient (Wildman–Crippen LogP) is 3.10. The van der Waals surface area contributed by atoms with E-state index in [0.29, 0.717) is 24.2 Å². The molecule has 0 saturated carbocycles. The van der Waals surface area contributed by atoms with Crippen LogP contribution in [0.3, 0.4) is 0 Å². The van der Waals surface area contributed by atoms with E-state index in [9.17, 15) is 4.39 Å². The normalized spacial score (nSPS) is 33.2. The van der Waals surface area contributed by atoms with Gasteiger partial charge in [0.1, 0.15) is 5.82 Å². The molecule has 4 unspecified atom stereocenters. The number of halogens is 1. The molecule has 4 rings (SSSR count). The lowest BCUT2D eigenvalue weighted by Gasteiger charge is -2.44. The molecule has 2 saturated heterocycles. The van der Waals surface area contributed by atoms with Gasteiger partial charge in [-0.3, -0.25) is 0 Å². The Kier molecular flexibility index (Phi) is 3.55. The Balaban J connectivity index is 1.45. The van der Waals surface area contributed by atoms with Crippen molar-refractivity contribution in [3.8, 4) is 0 Å². The lowest BCUT2D eigenvalue weighted by Crippen LogP contribution is -2.59. The number of aliphatic imine (C=N–C) groups is 1. The van der Waals surface area contributed by atoms with Crippen LogP contribution < -0.4 is 5.32 Å². The molecule has 22 heavy (non-hydrogen) atoms. The first-order valence-electron chi connectivity index (χ1n) is 8.56. The Bertz CT molecular complexity index is 568. The van der Waals surface area contributed by atoms with Gasteiger partial charge in [-0.15, -0.1) is 0 Å². The molecule has 3 aliphatic heterocycles. The van der Waals surface area contributed by atoms with Crippen LogP contribution in [0.15, 0.2) is 29.3 Å². The molecule has 0 bridgehead atoms. The van der Waals surface area contributed by atoms with Crippen molar-refractivity contribution in [1.82, 2.24) is 10.2 Å². The molecule has 1 N–H and O–H groups in total. The van der Waals surface area contributed by atoms with Crippen LogP contribution in [0.1, 0.15) is 44.6 Å². The van der Waals surface area contributed by atoms with Crippen LogP contribution in [0.25, 0.3) is 0 Å². The zero-order valence-electron chi connectivity index (χ0n) is 13.1. The largest absolute Gasteiger partial charge is 0.354 e. The van der Waals surface area contributed by atoms with Gasteiger partial charge in [0.2, 0.25) is 0 Å². The second-order valence-corrected chi connectivity index (χ2v) is 7.08. The number of nitrogens with one attached hydrogen (secondary N) is 1. The van der Waals surface area contributed by atoms with Gasteiger partial charge < -0.3 is 10.2 Å². The van der Waals surface area contributed by atoms with Crippen molar-refractivity contribution in [2.24, 2.45) is 4.99 Å². The Morgan fingerprint density at radius 2 is 1.91 bits per heavy atom. The number of hydrogen-bond acceptors (Lipinski definition) is 3. The lowest BCUT2D eigenvalue weighted by atomic mass is 9.97. The Morgan fingerprint density at radius 3 is 2.68 bits per heavy atom. The van der Waals surface area contributed by atoms with E-state index in [1.165, 1.54) is 31.2 Å². The zero-order chi connectivity index (χ0) is 15.1. The minimum absolute atomic E-state index is 0.158. The molecule has 0 spiro atoms. The molecule has 3 aliphatic rings. The molecule has 0 aromatic heterocycles. The summed E-state index contributed by atoms with van der Waals surface area (Å²) in [5.74, 6) is 0.983. The summed E-state index contributed by atoms with van der Waals surface area (Å²) in [4.78, 5) is 7.54. The molecule has 3 nitrogen and oxygen atoms in total. The molecule has 4 heteroatoms. The highest BCUT2D eigenvalue weighted by Gasteiger charge is 2.43. The maximum atomic E-state index is 13.0. The SMILES string of the molecule is CC1CC2CCC3CC(CCc4ccc(F)cc4)N=C(N1)N32. The fraction of sp³-hybridized carbons (Fsp3) is 0.611. The molecule has 3 heterocycles. The lowest BCUT2D eigenvalue weighted by molar-refractivity contribution is 0.210. The minimum atomic E-state index is -0.158. The summed E-state index contributed by atoms with van der Waals surface area (Å²) in [5, 5.41) is 3.58. The van der Waals surface area contributed by atoms with Crippen LogP contribution in [-0.2, 0) is 6.42 Å². The van der Waals surface area contributed by atoms with Crippen molar-refractivity contribution in [2.75, 3.05) is 0 Å². The highest BCUT2D eigenvalue weighted by molar-refractivity contribution is 5.83. The van der Waals surface area contributed by atoms with Gasteiger partial charge in [-0.25, -0.2) is 9.38 Å². The molecule has 1 aromatic rings. The van der Waals surface area contributed by atoms with Crippen LogP contribution in [0.4, 0.5) is 4.39 Å². The summed E-state index contributed by atoms with van der Waals surface area (Å²) in [6.07, 6.45) is 7.09. The third-order valence-corrected chi connectivity index (χ3v) is 5.39. The van der Waals surface area contributed by atoms with E-state index in [1.54, 1.807) is 12.1 Å². The van der Waals surface area contributed by atoms with E-state index in [-0.39, 0.29) is 5.82 Å². The molecule has 0 amide bonds. The van der Waals surface area contributed by atoms with Crippen LogP contribution in [0, 0.1) is 5.82 Å². The molecule has 0 radical (unpaired) electrons. The number of rotatable bonds is 3. The number of hydrogen-bond donors (Lipinski definition) is 1. The Hall–Kier alpha value is -1.58. The standard InChI is InChI=1S/C18H24FN3/c1-12-10-16-8-9-17-11-15(21-18(20-12)22(16)17)7-4-13-2-5-14(19)6-3-13/h2-3,5-6,12,15-17H,4,7-11H2,1H3,(H,20,21). The molecular formula is C18H24FN3. The third kappa shape index (κ3) is 2.59. The molecular weight excluding hydrogens is 277 g/mol. The first-order valence-corrected chi connectivity index (χ1v) is 8.56. The maximum Gasteiger partial charge on any atom is 0.194 e. The van der Waals surface area contributed by atoms with E-state index in [4.69, 9.17) is 4.99 Å². The van der Waals surface area contributed by atoms with Crippen LogP contribution in [0.2, 0.25) is 0 Å². The van der Waals surface area contributed by atoms with Crippen LogP contribution >= 0.6 is 0 Å². The first kappa shape index (κ1) is 14.0. The van der Waals surface area contributed by atoms with Gasteiger partial charge in [0.15, 0.2) is 5.96 Å². The number of guanidine groups is 1. The molecule has 118 valence electrons. The monoisotopic (exact) mass is 301 g/mol. The van der Waals surface area contributed by atoms with Crippen molar-refractivity contribution >= 4 is 5.96 Å². The molecule has 4 atom stereocenters. The topological polar surface area (TPSA) is 27.6 Å². The van der Waals surface area contributed by atoms with Gasteiger partial charge in [0.25, 0.3) is 0 Å². The number of benzene rings is 1. The number of aryl methyl sites for hydroxylation is 1. The van der Waals surface area contributed by atoms with Gasteiger partial charge in [0, 0.05) is 18.1 Å². The summed E-state index contributed by atoms with van der Waals surface area (Å²) < 4.78 is 13.0. The second kappa shape index (κ2) is 5.56. The fourth-order valence-electron chi connectivity index (χ4n) is 4.34. The average molecular weight is 301 g/mol. The second-order valence-electron chi connectivity index (χ2n) is 7.08. The van der Waals surface area contributed by atoms with Gasteiger partial charge in [-0.2, -0.15) is 0 Å². The summed E-state index contributed by atoms with van der Waals surface area (Å²) in [7, 11) is 0. The van der Waals surface area contributed by atoms with Crippen molar-refractivity contribution in [3.63, 3.8) is 0 Å². The summed E-state index contributed by atoms with van der Waals surface area (Å²) in [5.41, 5.74) is 1.21. The third-order valence-electron chi connectivity index (χ3n) is 5.39. The average Bonchev–Trinajstić information content (AvgIpc) is 2.90. The highest BCUT2D eigenvalue weighted by Crippen LogP contribution is 2.36. The van der Waals surface area contributed by atoms with Gasteiger partial charge in [-0.05, 0) is 63.1 Å². The Labute approximate surface area is 131 Å². The van der Waals surface area contributed by atoms with E-state index in [0.717, 1.165) is 18.8 Å². The van der Waals surface area contributed by atoms with Crippen LogP contribution in [0.5, 0.6) is 0 Å². The number of nitrogens with zero attached hydrogens (tertiary/aromatic N) is 2. The fourth-order valence-corrected chi connectivity index (χ4v) is 4.34. The van der Waals surface area contributed by atoms with Crippen molar-refractivity contribution in [3.05, 3.63) is 35.6 Å². The summed E-state index contributed by atoms with van der Waals surface area (Å²) in [6, 6.07) is 9.21. The molecule has 2 fully saturated rings. The minimum Gasteiger partial charge on any atom is -0.354 e. The van der Waals surface area contributed by atoms with E-state index in [1.807, 2.05) is 12.1 Å². The highest BCUT2D eigenvalue weighted by atomic mass is 19.1. The predicted molar refractivity (Wildman–Crippen MR) is 86.4 cm³/mol. The van der Waals surface area contributed by atoms with E-state index in [2.05, 4.69) is 17.1 Å². The maximum absolute atomic E-state index is 13.0. The smallest absolute Gasteiger partial charge is 0.194 e. The quantitative estimate of drug-likeness (QED) is 0.929. The van der Waals surface area contributed by atoms with Gasteiger partial charge >= 0.3 is 0 Å². The van der Waals surface area contributed by atoms with E-state index >= 15 is 0 Å². The zero-order valence-corrected chi connectivity index (χ0v) is 13.1. The Morgan fingerprint density at radius 1 is 1.18 bits per heavy atom. The molecule has 0 aliphatic carbocycles. The van der Waals surface area contributed by atoms with Gasteiger partial charge in [-0.1, -0.05) is 12.1 Å². The first-order chi connectivity index (χ1) is 10.7. The van der Waals surface area contributed by atoms with Gasteiger partial charge in [0.05, 0.1) is 6.04 Å². The van der Waals surface area contributed by atoms with Crippen molar-refractivity contribution in [1.29, 1.82) is 0 Å². The van der Waals surface area contributed by atoms with E-state index < -0.39 is 0 Å². The van der Waals surface area contributed by atoms with Crippen molar-refractivity contribution < 1.29 is 4.39 Å². The van der Waals surface area contributed by atoms with Crippen LogP contribution in [-0.4, -0.2) is 35.0 Å². The summed E-state index contributed by atoms with van der Waals surface area (Å²) in [6.45, 7) is 2.26. The summed E-state index contributed by atoms with van der Waals surface area (Å²) >= 11 is 0.